The van der Waals surface area contributed by atoms with E-state index in [0.29, 0.717) is 0 Å². The van der Waals surface area contributed by atoms with Crippen LogP contribution in [0.5, 0.6) is 0 Å². The summed E-state index contributed by atoms with van der Waals surface area (Å²) in [6.45, 7) is 4.90. The van der Waals surface area contributed by atoms with E-state index in [1.165, 1.54) is 0 Å². The Labute approximate surface area is 119 Å². The molecule has 0 unspecified atom stereocenters. The maximum atomic E-state index is 10.1. The van der Waals surface area contributed by atoms with Gasteiger partial charge in [0.2, 0.25) is 0 Å². The van der Waals surface area contributed by atoms with E-state index in [2.05, 4.69) is 0 Å². The zero-order chi connectivity index (χ0) is 8.08. The third kappa shape index (κ3) is 387. The van der Waals surface area contributed by atoms with Crippen LogP contribution < -0.4 is 74.0 Å². The monoisotopic (exact) mass is 268 g/mol. The van der Waals surface area contributed by atoms with Crippen LogP contribution >= 0.6 is 0 Å². The van der Waals surface area contributed by atoms with Gasteiger partial charge in [0.25, 0.3) is 0 Å². The summed E-state index contributed by atoms with van der Waals surface area (Å²) in [5, 5.41) is 24.0. The number of rotatable bonds is 0. The van der Waals surface area contributed by atoms with Gasteiger partial charge in [-0.15, -0.1) is 5.60 Å². The van der Waals surface area contributed by atoms with Crippen molar-refractivity contribution >= 4 is 6.16 Å². The number of hydrogen-bond acceptors (Lipinski definition) is 2. The largest absolute Gasteiger partial charge is 1.00 e. The van der Waals surface area contributed by atoms with Crippen molar-refractivity contribution in [1.29, 1.82) is 0 Å². The third-order valence-corrected chi connectivity index (χ3v) is 0. The Morgan fingerprint density at radius 1 is 1.30 bits per heavy atom. The van der Waals surface area contributed by atoms with E-state index < -0.39 is 11.8 Å². The molecule has 0 atom stereocenters. The standard InChI is InChI=1S/C4H9O.CH2O3.Cs/c1-4(2,3)5;2-1(3)4;/h1-3H3;(H2,2,3,4);/q-1;;+1. The van der Waals surface area contributed by atoms with Crippen molar-refractivity contribution in [2.75, 3.05) is 0 Å². The molecular weight excluding hydrogens is 257 g/mol. The van der Waals surface area contributed by atoms with Crippen LogP contribution in [-0.2, 0) is 0 Å². The van der Waals surface area contributed by atoms with Gasteiger partial charge in [0.15, 0.2) is 0 Å². The van der Waals surface area contributed by atoms with E-state index in [1.54, 1.807) is 20.8 Å². The van der Waals surface area contributed by atoms with Crippen molar-refractivity contribution in [3.8, 4) is 0 Å². The van der Waals surface area contributed by atoms with Crippen LogP contribution in [-0.4, -0.2) is 22.0 Å². The summed E-state index contributed by atoms with van der Waals surface area (Å²) >= 11 is 0. The zero-order valence-corrected chi connectivity index (χ0v) is 13.0. The Morgan fingerprint density at radius 3 is 1.30 bits per heavy atom. The van der Waals surface area contributed by atoms with Gasteiger partial charge in [0, 0.05) is 0 Å². The van der Waals surface area contributed by atoms with E-state index >= 15 is 0 Å². The Hall–Kier alpha value is 1.28. The molecule has 0 amide bonds. The summed E-state index contributed by atoms with van der Waals surface area (Å²) in [5.74, 6) is 0. The van der Waals surface area contributed by atoms with Crippen LogP contribution in [0.4, 0.5) is 4.79 Å². The molecular formula is C5H11CsO4. The summed E-state index contributed by atoms with van der Waals surface area (Å²) < 4.78 is 0. The average Bonchev–Trinajstić information content (AvgIpc) is 1.19. The van der Waals surface area contributed by atoms with Crippen LogP contribution in [0.3, 0.4) is 0 Å². The van der Waals surface area contributed by atoms with Crippen LogP contribution in [0.1, 0.15) is 20.8 Å². The second-order valence-electron chi connectivity index (χ2n) is 2.39. The zero-order valence-electron chi connectivity index (χ0n) is 6.71. The predicted octanol–water partition coefficient (Wildman–Crippen LogP) is -2.63. The molecule has 10 heavy (non-hydrogen) atoms. The van der Waals surface area contributed by atoms with Crippen molar-refractivity contribution in [3.63, 3.8) is 0 Å². The molecule has 0 aromatic rings. The molecule has 56 valence electrons. The smallest absolute Gasteiger partial charge is 0.850 e. The molecule has 4 nitrogen and oxygen atoms in total. The van der Waals surface area contributed by atoms with Gasteiger partial charge < -0.3 is 15.3 Å². The molecule has 0 fully saturated rings. The minimum absolute atomic E-state index is 0. The molecule has 0 heterocycles. The quantitative estimate of drug-likeness (QED) is 0.503. The summed E-state index contributed by atoms with van der Waals surface area (Å²) in [5.41, 5.74) is -0.750. The number of carbonyl (C=O) groups is 1. The Balaban J connectivity index is -0.0000000910. The molecule has 2 N–H and O–H groups in total. The summed E-state index contributed by atoms with van der Waals surface area (Å²) in [7, 11) is 0. The van der Waals surface area contributed by atoms with Crippen LogP contribution in [0.2, 0.25) is 0 Å². The molecule has 0 saturated heterocycles. The molecule has 0 aliphatic carbocycles. The predicted molar refractivity (Wildman–Crippen MR) is 30.4 cm³/mol. The minimum atomic E-state index is -1.83. The SMILES string of the molecule is CC(C)(C)[O-].O=C(O)O.[Cs+]. The van der Waals surface area contributed by atoms with Crippen LogP contribution in [0.25, 0.3) is 0 Å². The van der Waals surface area contributed by atoms with Crippen molar-refractivity contribution < 1.29 is 89.0 Å². The molecule has 0 aromatic carbocycles. The van der Waals surface area contributed by atoms with Gasteiger partial charge in [-0.3, -0.25) is 0 Å². The molecule has 0 bridgehead atoms. The molecule has 5 heteroatoms. The second kappa shape index (κ2) is 8.38. The summed E-state index contributed by atoms with van der Waals surface area (Å²) in [6.07, 6.45) is -1.83. The van der Waals surface area contributed by atoms with Crippen molar-refractivity contribution in [2.24, 2.45) is 0 Å². The first-order valence-corrected chi connectivity index (χ1v) is 2.36. The van der Waals surface area contributed by atoms with Gasteiger partial charge in [0.1, 0.15) is 0 Å². The Kier molecular flexibility index (Phi) is 14.6. The fourth-order valence-corrected chi connectivity index (χ4v) is 0. The van der Waals surface area contributed by atoms with E-state index in [9.17, 15) is 5.11 Å². The van der Waals surface area contributed by atoms with E-state index in [0.717, 1.165) is 0 Å². The van der Waals surface area contributed by atoms with Gasteiger partial charge in [-0.05, 0) is 0 Å². The second-order valence-corrected chi connectivity index (χ2v) is 2.39. The molecule has 0 aliphatic heterocycles. The normalized spacial score (nSPS) is 8.40. The van der Waals surface area contributed by atoms with Gasteiger partial charge in [0.05, 0.1) is 0 Å². The Morgan fingerprint density at radius 2 is 1.30 bits per heavy atom. The van der Waals surface area contributed by atoms with Gasteiger partial charge in [-0.2, -0.15) is 0 Å². The van der Waals surface area contributed by atoms with E-state index in [-0.39, 0.29) is 68.9 Å². The first-order chi connectivity index (χ1) is 3.73. The molecule has 0 aromatic heterocycles. The van der Waals surface area contributed by atoms with Crippen LogP contribution in [0, 0.1) is 0 Å². The molecule has 0 spiro atoms. The molecule has 0 saturated carbocycles. The van der Waals surface area contributed by atoms with E-state index in [4.69, 9.17) is 15.0 Å². The van der Waals surface area contributed by atoms with Gasteiger partial charge in [-0.25, -0.2) is 4.79 Å². The molecule has 0 radical (unpaired) electrons. The molecule has 0 rings (SSSR count). The van der Waals surface area contributed by atoms with Crippen LogP contribution in [0.15, 0.2) is 0 Å². The fourth-order valence-electron chi connectivity index (χ4n) is 0. The van der Waals surface area contributed by atoms with E-state index in [1.807, 2.05) is 0 Å². The first kappa shape index (κ1) is 17.4. The topological polar surface area (TPSA) is 80.6 Å². The van der Waals surface area contributed by atoms with Gasteiger partial charge in [-0.1, -0.05) is 20.8 Å². The Bertz CT molecular complexity index is 76.1. The summed E-state index contributed by atoms with van der Waals surface area (Å²) in [6, 6.07) is 0. The average molecular weight is 268 g/mol. The minimum Gasteiger partial charge on any atom is -0.850 e. The van der Waals surface area contributed by atoms with Crippen molar-refractivity contribution in [3.05, 3.63) is 0 Å². The third-order valence-electron chi connectivity index (χ3n) is 0. The fraction of sp³-hybridized carbons (Fsp3) is 0.800. The van der Waals surface area contributed by atoms with Crippen molar-refractivity contribution in [2.45, 2.75) is 26.4 Å². The molecule has 0 aliphatic rings. The maximum Gasteiger partial charge on any atom is 1.00 e. The number of hydrogen-bond donors (Lipinski definition) is 2. The van der Waals surface area contributed by atoms with Gasteiger partial charge >= 0.3 is 75.0 Å². The maximum absolute atomic E-state index is 10.1. The van der Waals surface area contributed by atoms with Crippen molar-refractivity contribution in [1.82, 2.24) is 0 Å². The number of carboxylic acid groups (broad SMARTS) is 2. The first-order valence-electron chi connectivity index (χ1n) is 2.36. The summed E-state index contributed by atoms with van der Waals surface area (Å²) in [4.78, 5) is 8.56.